The van der Waals surface area contributed by atoms with Crippen LogP contribution < -0.4 is 4.72 Å². The molecule has 0 aliphatic carbocycles. The first kappa shape index (κ1) is 15.9. The highest BCUT2D eigenvalue weighted by molar-refractivity contribution is 7.90. The highest BCUT2D eigenvalue weighted by Crippen LogP contribution is 2.25. The van der Waals surface area contributed by atoms with Crippen LogP contribution in [-0.2, 0) is 14.8 Å². The van der Waals surface area contributed by atoms with Gasteiger partial charge in [0.05, 0.1) is 24.5 Å². The maximum Gasteiger partial charge on any atom is 0.213 e. The van der Waals surface area contributed by atoms with Gasteiger partial charge in [0.2, 0.25) is 10.0 Å². The van der Waals surface area contributed by atoms with Crippen LogP contribution in [0.1, 0.15) is 24.8 Å². The van der Waals surface area contributed by atoms with Crippen molar-refractivity contribution in [1.29, 1.82) is 0 Å². The predicted octanol–water partition coefficient (Wildman–Crippen LogP) is 1.45. The molecule has 0 spiro atoms. The van der Waals surface area contributed by atoms with Crippen molar-refractivity contribution < 1.29 is 13.2 Å². The van der Waals surface area contributed by atoms with Crippen molar-refractivity contribution in [2.45, 2.75) is 25.1 Å². The van der Waals surface area contributed by atoms with Crippen LogP contribution in [0.5, 0.6) is 0 Å². The van der Waals surface area contributed by atoms with E-state index in [9.17, 15) is 8.42 Å². The maximum absolute atomic E-state index is 11.9. The fourth-order valence-corrected chi connectivity index (χ4v) is 3.73. The van der Waals surface area contributed by atoms with E-state index in [1.807, 2.05) is 11.4 Å². The molecule has 1 aliphatic rings. The Labute approximate surface area is 125 Å². The third kappa shape index (κ3) is 4.02. The largest absolute Gasteiger partial charge is 0.379 e. The molecular weight excluding hydrogens is 296 g/mol. The van der Waals surface area contributed by atoms with Crippen molar-refractivity contribution in [3.05, 3.63) is 22.4 Å². The third-order valence-electron chi connectivity index (χ3n) is 3.46. The van der Waals surface area contributed by atoms with Gasteiger partial charge >= 0.3 is 0 Å². The molecule has 1 N–H and O–H groups in total. The number of sulfonamides is 1. The molecule has 114 valence electrons. The van der Waals surface area contributed by atoms with Crippen molar-refractivity contribution in [3.8, 4) is 0 Å². The lowest BCUT2D eigenvalue weighted by molar-refractivity contribution is 0.0179. The number of morpholine rings is 1. The first-order valence-electron chi connectivity index (χ1n) is 6.84. The van der Waals surface area contributed by atoms with Gasteiger partial charge in [-0.05, 0) is 25.3 Å². The second-order valence-corrected chi connectivity index (χ2v) is 8.42. The Morgan fingerprint density at radius 2 is 2.10 bits per heavy atom. The fraction of sp³-hybridized carbons (Fsp3) is 0.692. The van der Waals surface area contributed by atoms with E-state index in [2.05, 4.69) is 15.7 Å². The lowest BCUT2D eigenvalue weighted by Crippen LogP contribution is -2.44. The summed E-state index contributed by atoms with van der Waals surface area (Å²) in [6.45, 7) is 6.89. The lowest BCUT2D eigenvalue weighted by atomic mass is 10.2. The molecule has 1 saturated heterocycles. The molecular formula is C13H22N2O3S2. The van der Waals surface area contributed by atoms with Crippen molar-refractivity contribution in [3.63, 3.8) is 0 Å². The Bertz CT molecular complexity index is 494. The van der Waals surface area contributed by atoms with Gasteiger partial charge in [-0.25, -0.2) is 13.1 Å². The van der Waals surface area contributed by atoms with Crippen LogP contribution in [0, 0.1) is 0 Å². The third-order valence-corrected chi connectivity index (χ3v) is 6.24. The molecule has 20 heavy (non-hydrogen) atoms. The number of thiophene rings is 1. The number of nitrogens with one attached hydrogen (secondary N) is 1. The molecule has 1 unspecified atom stereocenters. The van der Waals surface area contributed by atoms with Crippen LogP contribution in [0.15, 0.2) is 17.5 Å². The molecule has 2 rings (SSSR count). The Kier molecular flexibility index (Phi) is 5.57. The van der Waals surface area contributed by atoms with E-state index >= 15 is 0 Å². The summed E-state index contributed by atoms with van der Waals surface area (Å²) in [4.78, 5) is 3.48. The molecule has 7 heteroatoms. The molecule has 0 saturated carbocycles. The van der Waals surface area contributed by atoms with Crippen LogP contribution in [-0.4, -0.2) is 51.4 Å². The molecule has 1 aliphatic heterocycles. The van der Waals surface area contributed by atoms with Gasteiger partial charge in [0, 0.05) is 24.5 Å². The molecule has 1 aromatic rings. The van der Waals surface area contributed by atoms with Crippen molar-refractivity contribution >= 4 is 21.4 Å². The normalized spacial score (nSPS) is 19.4. The fourth-order valence-electron chi connectivity index (χ4n) is 2.14. The summed E-state index contributed by atoms with van der Waals surface area (Å²) >= 11 is 1.67. The highest BCUT2D eigenvalue weighted by Gasteiger charge is 2.25. The number of hydrogen-bond acceptors (Lipinski definition) is 5. The van der Waals surface area contributed by atoms with Gasteiger partial charge in [-0.1, -0.05) is 6.07 Å². The van der Waals surface area contributed by atoms with Crippen LogP contribution in [0.25, 0.3) is 0 Å². The zero-order chi connectivity index (χ0) is 14.6. The van der Waals surface area contributed by atoms with Crippen LogP contribution >= 0.6 is 11.3 Å². The van der Waals surface area contributed by atoms with Crippen molar-refractivity contribution in [2.75, 3.05) is 32.8 Å². The maximum atomic E-state index is 11.9. The average molecular weight is 318 g/mol. The van der Waals surface area contributed by atoms with Crippen LogP contribution in [0.3, 0.4) is 0 Å². The van der Waals surface area contributed by atoms with Gasteiger partial charge in [-0.2, -0.15) is 0 Å². The summed E-state index contributed by atoms with van der Waals surface area (Å²) in [6.07, 6.45) is 0. The van der Waals surface area contributed by atoms with Gasteiger partial charge in [0.1, 0.15) is 0 Å². The minimum absolute atomic E-state index is 0.0902. The van der Waals surface area contributed by atoms with E-state index in [0.717, 1.165) is 13.1 Å². The summed E-state index contributed by atoms with van der Waals surface area (Å²) in [5.74, 6) is 0. The average Bonchev–Trinajstić information content (AvgIpc) is 2.94. The van der Waals surface area contributed by atoms with E-state index in [4.69, 9.17) is 4.74 Å². The molecule has 2 heterocycles. The topological polar surface area (TPSA) is 58.6 Å². The quantitative estimate of drug-likeness (QED) is 0.862. The van der Waals surface area contributed by atoms with E-state index in [-0.39, 0.29) is 6.04 Å². The summed E-state index contributed by atoms with van der Waals surface area (Å²) in [5.41, 5.74) is 0. The molecule has 1 atom stereocenters. The van der Waals surface area contributed by atoms with Crippen molar-refractivity contribution in [1.82, 2.24) is 9.62 Å². The number of nitrogens with zero attached hydrogens (tertiary/aromatic N) is 1. The summed E-state index contributed by atoms with van der Waals surface area (Å²) < 4.78 is 32.0. The standard InChI is InChI=1S/C13H22N2O3S2/c1-11(2)20(16,17)14-10-12(13-4-3-9-19-13)15-5-7-18-8-6-15/h3-4,9,11-12,14H,5-8,10H2,1-2H3. The van der Waals surface area contributed by atoms with Gasteiger partial charge < -0.3 is 4.74 Å². The summed E-state index contributed by atoms with van der Waals surface area (Å²) in [6, 6.07) is 4.16. The van der Waals surface area contributed by atoms with E-state index in [0.29, 0.717) is 19.8 Å². The SMILES string of the molecule is CC(C)S(=O)(=O)NCC(c1cccs1)N1CCOCC1. The minimum Gasteiger partial charge on any atom is -0.379 e. The molecule has 0 bridgehead atoms. The molecule has 0 amide bonds. The first-order chi connectivity index (χ1) is 9.50. The zero-order valence-electron chi connectivity index (χ0n) is 11.9. The van der Waals surface area contributed by atoms with Gasteiger partial charge in [0.25, 0.3) is 0 Å². The minimum atomic E-state index is -3.23. The Morgan fingerprint density at radius 3 is 2.65 bits per heavy atom. The van der Waals surface area contributed by atoms with Crippen molar-refractivity contribution in [2.24, 2.45) is 0 Å². The summed E-state index contributed by atoms with van der Waals surface area (Å²) in [5, 5.41) is 1.62. The van der Waals surface area contributed by atoms with Gasteiger partial charge in [-0.15, -0.1) is 11.3 Å². The predicted molar refractivity (Wildman–Crippen MR) is 81.5 cm³/mol. The summed E-state index contributed by atoms with van der Waals surface area (Å²) in [7, 11) is -3.23. The second-order valence-electron chi connectivity index (χ2n) is 5.12. The molecule has 1 fully saturated rings. The van der Waals surface area contributed by atoms with E-state index < -0.39 is 15.3 Å². The van der Waals surface area contributed by atoms with Crippen LogP contribution in [0.4, 0.5) is 0 Å². The van der Waals surface area contributed by atoms with Crippen LogP contribution in [0.2, 0.25) is 0 Å². The highest BCUT2D eigenvalue weighted by atomic mass is 32.2. The van der Waals surface area contributed by atoms with E-state index in [1.165, 1.54) is 4.88 Å². The Hall–Kier alpha value is -0.470. The number of ether oxygens (including phenoxy) is 1. The Balaban J connectivity index is 2.07. The Morgan fingerprint density at radius 1 is 1.40 bits per heavy atom. The molecule has 1 aromatic heterocycles. The van der Waals surface area contributed by atoms with Gasteiger partial charge in [-0.3, -0.25) is 4.90 Å². The van der Waals surface area contributed by atoms with E-state index in [1.54, 1.807) is 25.2 Å². The number of hydrogen-bond donors (Lipinski definition) is 1. The molecule has 5 nitrogen and oxygen atoms in total. The monoisotopic (exact) mass is 318 g/mol. The second kappa shape index (κ2) is 7.00. The lowest BCUT2D eigenvalue weighted by Gasteiger charge is -2.34. The zero-order valence-corrected chi connectivity index (χ0v) is 13.5. The van der Waals surface area contributed by atoms with Gasteiger partial charge in [0.15, 0.2) is 0 Å². The smallest absolute Gasteiger partial charge is 0.213 e. The number of rotatable bonds is 6. The first-order valence-corrected chi connectivity index (χ1v) is 9.27. The molecule has 0 aromatic carbocycles. The molecule has 0 radical (unpaired) electrons.